The molecule has 0 aromatic heterocycles. The van der Waals surface area contributed by atoms with Gasteiger partial charge in [0.1, 0.15) is 17.6 Å². The maximum atomic E-state index is 12.5. The van der Waals surface area contributed by atoms with Crippen molar-refractivity contribution in [2.75, 3.05) is 26.5 Å². The van der Waals surface area contributed by atoms with Gasteiger partial charge in [0.25, 0.3) is 0 Å². The quantitative estimate of drug-likeness (QED) is 0.723. The zero-order chi connectivity index (χ0) is 14.6. The fourth-order valence-corrected chi connectivity index (χ4v) is 4.16. The van der Waals surface area contributed by atoms with Crippen LogP contribution in [0.1, 0.15) is 19.4 Å². The second kappa shape index (κ2) is 6.61. The molecule has 0 spiro atoms. The summed E-state index contributed by atoms with van der Waals surface area (Å²) in [5.41, 5.74) is 1.01. The van der Waals surface area contributed by atoms with Crippen LogP contribution in [0, 0.1) is 0 Å². The van der Waals surface area contributed by atoms with Crippen LogP contribution in [0.2, 0.25) is 0 Å². The minimum Gasteiger partial charge on any atom is -0.496 e. The van der Waals surface area contributed by atoms with Crippen LogP contribution in [0.15, 0.2) is 18.2 Å². The molecule has 0 aliphatic carbocycles. The lowest BCUT2D eigenvalue weighted by atomic mass is 10.1. The summed E-state index contributed by atoms with van der Waals surface area (Å²) in [6.45, 7) is 4.33. The summed E-state index contributed by atoms with van der Waals surface area (Å²) in [6.07, 6.45) is 0.709. The number of rotatable bonds is 7. The van der Waals surface area contributed by atoms with Crippen LogP contribution in [0.3, 0.4) is 0 Å². The molecule has 1 aliphatic rings. The SMILES string of the molecule is CCOP(=O)(CC1Cc2c(OC)cccc2O1)OCC. The van der Waals surface area contributed by atoms with Gasteiger partial charge in [0.15, 0.2) is 0 Å². The first-order valence-electron chi connectivity index (χ1n) is 6.82. The molecule has 1 heterocycles. The molecule has 0 saturated heterocycles. The predicted molar refractivity (Wildman–Crippen MR) is 76.8 cm³/mol. The van der Waals surface area contributed by atoms with Gasteiger partial charge in [0.2, 0.25) is 0 Å². The van der Waals surface area contributed by atoms with Gasteiger partial charge in [-0.05, 0) is 26.0 Å². The van der Waals surface area contributed by atoms with Crippen molar-refractivity contribution >= 4 is 7.60 Å². The number of hydrogen-bond acceptors (Lipinski definition) is 5. The van der Waals surface area contributed by atoms with Crippen molar-refractivity contribution in [3.63, 3.8) is 0 Å². The first-order valence-corrected chi connectivity index (χ1v) is 8.55. The lowest BCUT2D eigenvalue weighted by molar-refractivity contribution is 0.196. The van der Waals surface area contributed by atoms with E-state index in [4.69, 9.17) is 18.5 Å². The fourth-order valence-electron chi connectivity index (χ4n) is 2.38. The standard InChI is InChI=1S/C14H21O5P/c1-4-17-20(15,18-5-2)10-11-9-12-13(16-3)7-6-8-14(12)19-11/h6-8,11H,4-5,9-10H2,1-3H3. The highest BCUT2D eigenvalue weighted by Gasteiger charge is 2.34. The Balaban J connectivity index is 2.09. The van der Waals surface area contributed by atoms with Gasteiger partial charge in [0, 0.05) is 12.0 Å². The van der Waals surface area contributed by atoms with E-state index < -0.39 is 7.60 Å². The van der Waals surface area contributed by atoms with Crippen molar-refractivity contribution in [3.8, 4) is 11.5 Å². The highest BCUT2D eigenvalue weighted by atomic mass is 31.2. The molecule has 6 heteroatoms. The van der Waals surface area contributed by atoms with Crippen molar-refractivity contribution in [3.05, 3.63) is 23.8 Å². The molecule has 1 aromatic rings. The summed E-state index contributed by atoms with van der Waals surface area (Å²) in [6, 6.07) is 5.67. The Morgan fingerprint density at radius 3 is 2.60 bits per heavy atom. The van der Waals surface area contributed by atoms with Crippen LogP contribution in [0.25, 0.3) is 0 Å². The second-order valence-electron chi connectivity index (χ2n) is 4.51. The molecule has 0 radical (unpaired) electrons. The molecule has 0 fully saturated rings. The molecule has 20 heavy (non-hydrogen) atoms. The van der Waals surface area contributed by atoms with Crippen LogP contribution in [0.5, 0.6) is 11.5 Å². The van der Waals surface area contributed by atoms with Crippen LogP contribution in [0.4, 0.5) is 0 Å². The van der Waals surface area contributed by atoms with Gasteiger partial charge in [0.05, 0.1) is 26.5 Å². The van der Waals surface area contributed by atoms with E-state index in [0.717, 1.165) is 17.1 Å². The number of benzene rings is 1. The molecule has 112 valence electrons. The Bertz CT molecular complexity index is 492. The molecule has 1 aromatic carbocycles. The van der Waals surface area contributed by atoms with Gasteiger partial charge >= 0.3 is 7.60 Å². The Hall–Kier alpha value is -1.03. The Morgan fingerprint density at radius 1 is 1.30 bits per heavy atom. The zero-order valence-electron chi connectivity index (χ0n) is 12.1. The van der Waals surface area contributed by atoms with E-state index in [2.05, 4.69) is 0 Å². The minimum atomic E-state index is -3.09. The maximum Gasteiger partial charge on any atom is 0.334 e. The third-order valence-corrected chi connectivity index (χ3v) is 5.27. The molecular formula is C14H21O5P. The molecule has 1 atom stereocenters. The summed E-state index contributed by atoms with van der Waals surface area (Å²) in [4.78, 5) is 0. The van der Waals surface area contributed by atoms with Crippen LogP contribution >= 0.6 is 7.60 Å². The fraction of sp³-hybridized carbons (Fsp3) is 0.571. The van der Waals surface area contributed by atoms with E-state index >= 15 is 0 Å². The van der Waals surface area contributed by atoms with Gasteiger partial charge in [-0.15, -0.1) is 0 Å². The lowest BCUT2D eigenvalue weighted by Gasteiger charge is -2.20. The topological polar surface area (TPSA) is 54.0 Å². The summed E-state index contributed by atoms with van der Waals surface area (Å²) in [5.74, 6) is 1.58. The van der Waals surface area contributed by atoms with E-state index in [-0.39, 0.29) is 12.3 Å². The zero-order valence-corrected chi connectivity index (χ0v) is 13.0. The Morgan fingerprint density at radius 2 is 2.00 bits per heavy atom. The van der Waals surface area contributed by atoms with E-state index in [1.54, 1.807) is 21.0 Å². The van der Waals surface area contributed by atoms with Gasteiger partial charge < -0.3 is 18.5 Å². The van der Waals surface area contributed by atoms with Crippen molar-refractivity contribution < 1.29 is 23.1 Å². The minimum absolute atomic E-state index is 0.203. The third-order valence-electron chi connectivity index (χ3n) is 3.11. The van der Waals surface area contributed by atoms with E-state index in [0.29, 0.717) is 19.6 Å². The number of ether oxygens (including phenoxy) is 2. The summed E-state index contributed by atoms with van der Waals surface area (Å²) in [5, 5.41) is 0. The summed E-state index contributed by atoms with van der Waals surface area (Å²) < 4.78 is 34.3. The molecule has 0 N–H and O–H groups in total. The van der Waals surface area contributed by atoms with Crippen molar-refractivity contribution in [1.82, 2.24) is 0 Å². The Labute approximate surface area is 119 Å². The van der Waals surface area contributed by atoms with Crippen LogP contribution < -0.4 is 9.47 Å². The normalized spacial score (nSPS) is 17.6. The average molecular weight is 300 g/mol. The van der Waals surface area contributed by atoms with Gasteiger partial charge in [-0.25, -0.2) is 0 Å². The Kier molecular flexibility index (Phi) is 5.08. The molecule has 0 saturated carbocycles. The number of fused-ring (bicyclic) bond motifs is 1. The molecule has 0 bridgehead atoms. The maximum absolute atomic E-state index is 12.5. The first kappa shape index (κ1) is 15.4. The van der Waals surface area contributed by atoms with Gasteiger partial charge in [-0.3, -0.25) is 4.57 Å². The van der Waals surface area contributed by atoms with Crippen molar-refractivity contribution in [1.29, 1.82) is 0 Å². The molecule has 5 nitrogen and oxygen atoms in total. The molecule has 2 rings (SSSR count). The highest BCUT2D eigenvalue weighted by Crippen LogP contribution is 2.50. The van der Waals surface area contributed by atoms with E-state index in [1.807, 2.05) is 18.2 Å². The van der Waals surface area contributed by atoms with Crippen molar-refractivity contribution in [2.45, 2.75) is 26.4 Å². The van der Waals surface area contributed by atoms with Crippen LogP contribution in [-0.2, 0) is 20.0 Å². The monoisotopic (exact) mass is 300 g/mol. The smallest absolute Gasteiger partial charge is 0.334 e. The largest absolute Gasteiger partial charge is 0.496 e. The number of hydrogen-bond donors (Lipinski definition) is 0. The summed E-state index contributed by atoms with van der Waals surface area (Å²) >= 11 is 0. The van der Waals surface area contributed by atoms with Crippen LogP contribution in [-0.4, -0.2) is 32.6 Å². The van der Waals surface area contributed by atoms with E-state index in [9.17, 15) is 4.57 Å². The van der Waals surface area contributed by atoms with Gasteiger partial charge in [-0.2, -0.15) is 0 Å². The molecule has 1 unspecified atom stereocenters. The molecule has 1 aliphatic heterocycles. The average Bonchev–Trinajstić information content (AvgIpc) is 2.80. The van der Waals surface area contributed by atoms with Gasteiger partial charge in [-0.1, -0.05) is 6.07 Å². The van der Waals surface area contributed by atoms with Crippen molar-refractivity contribution in [2.24, 2.45) is 0 Å². The third kappa shape index (κ3) is 3.35. The molecular weight excluding hydrogens is 279 g/mol. The van der Waals surface area contributed by atoms with E-state index in [1.165, 1.54) is 0 Å². The molecule has 0 amide bonds. The highest BCUT2D eigenvalue weighted by molar-refractivity contribution is 7.53. The summed E-state index contributed by atoms with van der Waals surface area (Å²) in [7, 11) is -1.45. The first-order chi connectivity index (χ1) is 9.61. The second-order valence-corrected chi connectivity index (χ2v) is 6.61. The predicted octanol–water partition coefficient (Wildman–Crippen LogP) is 3.26. The number of methoxy groups -OCH3 is 1. The lowest BCUT2D eigenvalue weighted by Crippen LogP contribution is -2.20.